The number of aliphatic carboxylic acids is 1. The third kappa shape index (κ3) is 2.91. The van der Waals surface area contributed by atoms with E-state index in [-0.39, 0.29) is 11.8 Å². The van der Waals surface area contributed by atoms with Crippen LogP contribution in [0.25, 0.3) is 0 Å². The molecule has 0 saturated carbocycles. The Morgan fingerprint density at radius 3 is 3.00 bits per heavy atom. The number of rotatable bonds is 6. The van der Waals surface area contributed by atoms with Crippen LogP contribution in [0.4, 0.5) is 0 Å². The topological polar surface area (TPSA) is 68.0 Å². The molecule has 0 amide bonds. The summed E-state index contributed by atoms with van der Waals surface area (Å²) in [5, 5.41) is 12.4. The molecule has 0 bridgehead atoms. The number of thiazole rings is 1. The lowest BCUT2D eigenvalue weighted by Gasteiger charge is -2.16. The number of carbonyl (C=O) groups is 1. The van der Waals surface area contributed by atoms with Crippen molar-refractivity contribution in [1.29, 1.82) is 0 Å². The minimum atomic E-state index is -0.836. The molecule has 5 nitrogen and oxygen atoms in total. The zero-order valence-electron chi connectivity index (χ0n) is 9.81. The van der Waals surface area contributed by atoms with Crippen LogP contribution in [-0.2, 0) is 4.79 Å². The first-order valence-corrected chi connectivity index (χ1v) is 7.35. The van der Waals surface area contributed by atoms with Crippen molar-refractivity contribution in [2.45, 2.75) is 24.5 Å². The molecule has 2 rings (SSSR count). The number of carboxylic acids is 1. The van der Waals surface area contributed by atoms with E-state index >= 15 is 0 Å². The van der Waals surface area contributed by atoms with Crippen LogP contribution in [0.15, 0.2) is 29.1 Å². The van der Waals surface area contributed by atoms with Gasteiger partial charge in [-0.2, -0.15) is 0 Å². The molecule has 0 spiro atoms. The second-order valence-corrected chi connectivity index (χ2v) is 5.46. The molecule has 2 aromatic rings. The second kappa shape index (κ2) is 6.01. The molecule has 2 aromatic heterocycles. The number of imidazole rings is 1. The summed E-state index contributed by atoms with van der Waals surface area (Å²) in [7, 11) is 0. The Hall–Kier alpha value is -1.34. The molecule has 0 aromatic carbocycles. The first-order valence-electron chi connectivity index (χ1n) is 5.49. The average molecular weight is 283 g/mol. The lowest BCUT2D eigenvalue weighted by Crippen LogP contribution is -2.10. The van der Waals surface area contributed by atoms with Gasteiger partial charge in [0, 0.05) is 24.0 Å². The fourth-order valence-corrected chi connectivity index (χ4v) is 3.21. The van der Waals surface area contributed by atoms with Gasteiger partial charge in [0.2, 0.25) is 0 Å². The van der Waals surface area contributed by atoms with Crippen molar-refractivity contribution in [1.82, 2.24) is 14.5 Å². The Bertz CT molecular complexity index is 510. The van der Waals surface area contributed by atoms with Gasteiger partial charge >= 0.3 is 5.97 Å². The van der Waals surface area contributed by atoms with Crippen molar-refractivity contribution in [3.8, 4) is 0 Å². The molecular weight excluding hydrogens is 270 g/mol. The van der Waals surface area contributed by atoms with Crippen molar-refractivity contribution < 1.29 is 9.90 Å². The van der Waals surface area contributed by atoms with Gasteiger partial charge in [0.1, 0.15) is 5.01 Å². The van der Waals surface area contributed by atoms with Crippen LogP contribution in [0.2, 0.25) is 0 Å². The summed E-state index contributed by atoms with van der Waals surface area (Å²) in [5.41, 5.74) is 0. The number of aromatic nitrogens is 3. The zero-order chi connectivity index (χ0) is 13.0. The predicted molar refractivity (Wildman–Crippen MR) is 71.1 cm³/mol. The SMILES string of the molecule is CCC(c1nccs1)n1ccnc1SCC(=O)O. The third-order valence-electron chi connectivity index (χ3n) is 2.42. The summed E-state index contributed by atoms with van der Waals surface area (Å²) >= 11 is 2.83. The van der Waals surface area contributed by atoms with Crippen LogP contribution >= 0.6 is 23.1 Å². The van der Waals surface area contributed by atoms with E-state index < -0.39 is 5.97 Å². The van der Waals surface area contributed by atoms with Crippen molar-refractivity contribution in [3.05, 3.63) is 29.0 Å². The highest BCUT2D eigenvalue weighted by Crippen LogP contribution is 2.28. The van der Waals surface area contributed by atoms with Gasteiger partial charge in [-0.25, -0.2) is 9.97 Å². The fourth-order valence-electron chi connectivity index (χ4n) is 1.66. The summed E-state index contributed by atoms with van der Waals surface area (Å²) in [6.07, 6.45) is 6.24. The maximum atomic E-state index is 10.6. The summed E-state index contributed by atoms with van der Waals surface area (Å²) in [6, 6.07) is 0.129. The van der Waals surface area contributed by atoms with Gasteiger partial charge in [0.05, 0.1) is 11.8 Å². The molecule has 1 N–H and O–H groups in total. The monoisotopic (exact) mass is 283 g/mol. The van der Waals surface area contributed by atoms with Crippen molar-refractivity contribution in [2.75, 3.05) is 5.75 Å². The Balaban J connectivity index is 2.21. The van der Waals surface area contributed by atoms with Crippen molar-refractivity contribution in [3.63, 3.8) is 0 Å². The quantitative estimate of drug-likeness (QED) is 0.825. The Labute approximate surface area is 113 Å². The van der Waals surface area contributed by atoms with E-state index in [2.05, 4.69) is 16.9 Å². The van der Waals surface area contributed by atoms with Crippen LogP contribution in [0.5, 0.6) is 0 Å². The molecular formula is C11H13N3O2S2. The largest absolute Gasteiger partial charge is 0.481 e. The standard InChI is InChI=1S/C11H13N3O2S2/c1-2-8(10-12-4-6-17-10)14-5-3-13-11(14)18-7-9(15)16/h3-6,8H,2,7H2,1H3,(H,15,16). The average Bonchev–Trinajstić information content (AvgIpc) is 2.99. The number of hydrogen-bond acceptors (Lipinski definition) is 5. The van der Waals surface area contributed by atoms with Gasteiger partial charge in [0.15, 0.2) is 5.16 Å². The van der Waals surface area contributed by atoms with Crippen molar-refractivity contribution >= 4 is 29.1 Å². The molecule has 1 atom stereocenters. The molecule has 0 aliphatic carbocycles. The number of thioether (sulfide) groups is 1. The maximum Gasteiger partial charge on any atom is 0.313 e. The zero-order valence-corrected chi connectivity index (χ0v) is 11.4. The molecule has 1 unspecified atom stereocenters. The Kier molecular flexibility index (Phi) is 4.38. The van der Waals surface area contributed by atoms with Gasteiger partial charge in [-0.15, -0.1) is 11.3 Å². The summed E-state index contributed by atoms with van der Waals surface area (Å²) in [4.78, 5) is 19.1. The lowest BCUT2D eigenvalue weighted by atomic mass is 10.2. The molecule has 18 heavy (non-hydrogen) atoms. The van der Waals surface area contributed by atoms with E-state index in [4.69, 9.17) is 5.11 Å². The van der Waals surface area contributed by atoms with Gasteiger partial charge in [-0.3, -0.25) is 4.79 Å². The molecule has 0 aliphatic heterocycles. The van der Waals surface area contributed by atoms with Gasteiger partial charge in [0.25, 0.3) is 0 Å². The highest BCUT2D eigenvalue weighted by atomic mass is 32.2. The molecule has 0 fully saturated rings. The van der Waals surface area contributed by atoms with Crippen molar-refractivity contribution in [2.24, 2.45) is 0 Å². The number of carboxylic acid groups (broad SMARTS) is 1. The highest BCUT2D eigenvalue weighted by molar-refractivity contribution is 7.99. The number of hydrogen-bond donors (Lipinski definition) is 1. The van der Waals surface area contributed by atoms with Crippen LogP contribution in [0, 0.1) is 0 Å². The number of nitrogens with zero attached hydrogens (tertiary/aromatic N) is 3. The van der Waals surface area contributed by atoms with Gasteiger partial charge < -0.3 is 9.67 Å². The predicted octanol–water partition coefficient (Wildman–Crippen LogP) is 2.52. The van der Waals surface area contributed by atoms with Crippen LogP contribution in [0.3, 0.4) is 0 Å². The van der Waals surface area contributed by atoms with Gasteiger partial charge in [-0.05, 0) is 6.42 Å². The lowest BCUT2D eigenvalue weighted by molar-refractivity contribution is -0.133. The Morgan fingerprint density at radius 1 is 1.56 bits per heavy atom. The van der Waals surface area contributed by atoms with E-state index in [9.17, 15) is 4.79 Å². The van der Waals surface area contributed by atoms with E-state index in [1.807, 2.05) is 16.1 Å². The molecule has 7 heteroatoms. The molecule has 0 saturated heterocycles. The van der Waals surface area contributed by atoms with E-state index in [0.29, 0.717) is 0 Å². The van der Waals surface area contributed by atoms with Crippen LogP contribution in [0.1, 0.15) is 24.4 Å². The Morgan fingerprint density at radius 2 is 2.39 bits per heavy atom. The molecule has 96 valence electrons. The fraction of sp³-hybridized carbons (Fsp3) is 0.364. The minimum absolute atomic E-state index is 0.0192. The summed E-state index contributed by atoms with van der Waals surface area (Å²) < 4.78 is 1.99. The van der Waals surface area contributed by atoms with Gasteiger partial charge in [-0.1, -0.05) is 18.7 Å². The highest BCUT2D eigenvalue weighted by Gasteiger charge is 2.18. The van der Waals surface area contributed by atoms with E-state index in [1.165, 1.54) is 11.8 Å². The third-order valence-corrected chi connectivity index (χ3v) is 4.26. The van der Waals surface area contributed by atoms with E-state index in [1.54, 1.807) is 23.7 Å². The summed E-state index contributed by atoms with van der Waals surface area (Å²) in [6.45, 7) is 2.08. The minimum Gasteiger partial charge on any atom is -0.481 e. The second-order valence-electron chi connectivity index (χ2n) is 3.59. The first-order chi connectivity index (χ1) is 8.72. The maximum absolute atomic E-state index is 10.6. The first kappa shape index (κ1) is 13.1. The van der Waals surface area contributed by atoms with E-state index in [0.717, 1.165) is 16.6 Å². The van der Waals surface area contributed by atoms with Crippen LogP contribution in [-0.4, -0.2) is 31.4 Å². The summed E-state index contributed by atoms with van der Waals surface area (Å²) in [5.74, 6) is -0.817. The molecule has 0 radical (unpaired) electrons. The normalized spacial score (nSPS) is 12.5. The molecule has 2 heterocycles. The van der Waals surface area contributed by atoms with Crippen LogP contribution < -0.4 is 0 Å². The smallest absolute Gasteiger partial charge is 0.313 e. The molecule has 0 aliphatic rings.